The normalized spacial score (nSPS) is 12.6. The molecule has 0 radical (unpaired) electrons. The molecule has 4 nitrogen and oxygen atoms in total. The van der Waals surface area contributed by atoms with Crippen LogP contribution in [0.5, 0.6) is 0 Å². The van der Waals surface area contributed by atoms with E-state index >= 15 is 0 Å². The van der Waals surface area contributed by atoms with E-state index in [-0.39, 0.29) is 24.0 Å². The number of aliphatic imine (C=N–C) groups is 1. The Bertz CT molecular complexity index is 437. The number of rotatable bonds is 10. The molecule has 0 aliphatic carbocycles. The van der Waals surface area contributed by atoms with E-state index in [0.717, 1.165) is 45.1 Å². The van der Waals surface area contributed by atoms with Crippen LogP contribution in [0.1, 0.15) is 45.1 Å². The van der Waals surface area contributed by atoms with Gasteiger partial charge in [-0.05, 0) is 31.2 Å². The summed E-state index contributed by atoms with van der Waals surface area (Å²) in [6.45, 7) is 10.0. The number of benzene rings is 1. The maximum absolute atomic E-state index is 5.35. The third-order valence-electron chi connectivity index (χ3n) is 3.96. The molecule has 0 fully saturated rings. The summed E-state index contributed by atoms with van der Waals surface area (Å²) in [6, 6.07) is 10.7. The molecule has 0 heterocycles. The monoisotopic (exact) mass is 447 g/mol. The SMILES string of the molecule is CCOCCCCNC(=NC)NCC(c1ccccc1)C(C)C.I. The number of unbranched alkanes of at least 4 members (excludes halogenated alkanes) is 1. The molecule has 1 atom stereocenters. The maximum atomic E-state index is 5.35. The zero-order valence-corrected chi connectivity index (χ0v) is 17.9. The van der Waals surface area contributed by atoms with E-state index in [0.29, 0.717) is 11.8 Å². The lowest BCUT2D eigenvalue weighted by molar-refractivity contribution is 0.143. The number of ether oxygens (including phenoxy) is 1. The van der Waals surface area contributed by atoms with Crippen LogP contribution in [-0.4, -0.2) is 39.3 Å². The summed E-state index contributed by atoms with van der Waals surface area (Å²) in [6.07, 6.45) is 2.17. The fraction of sp³-hybridized carbons (Fsp3) is 0.632. The van der Waals surface area contributed by atoms with Gasteiger partial charge < -0.3 is 15.4 Å². The van der Waals surface area contributed by atoms with E-state index in [2.05, 4.69) is 59.8 Å². The van der Waals surface area contributed by atoms with Gasteiger partial charge >= 0.3 is 0 Å². The van der Waals surface area contributed by atoms with Crippen molar-refractivity contribution in [3.63, 3.8) is 0 Å². The average molecular weight is 447 g/mol. The van der Waals surface area contributed by atoms with Crippen molar-refractivity contribution in [3.05, 3.63) is 35.9 Å². The summed E-state index contributed by atoms with van der Waals surface area (Å²) in [5.41, 5.74) is 1.38. The van der Waals surface area contributed by atoms with Crippen LogP contribution in [0.3, 0.4) is 0 Å². The Balaban J connectivity index is 0.00000529. The maximum Gasteiger partial charge on any atom is 0.190 e. The van der Waals surface area contributed by atoms with Gasteiger partial charge in [0.15, 0.2) is 5.96 Å². The second kappa shape index (κ2) is 14.5. The molecule has 2 N–H and O–H groups in total. The molecule has 1 aromatic carbocycles. The first-order chi connectivity index (χ1) is 11.2. The fourth-order valence-corrected chi connectivity index (χ4v) is 2.55. The molecule has 0 spiro atoms. The highest BCUT2D eigenvalue weighted by molar-refractivity contribution is 14.0. The molecule has 0 saturated heterocycles. The van der Waals surface area contributed by atoms with E-state index in [9.17, 15) is 0 Å². The van der Waals surface area contributed by atoms with Crippen LogP contribution in [-0.2, 0) is 4.74 Å². The molecular formula is C19H34IN3O. The minimum atomic E-state index is 0. The first-order valence-corrected chi connectivity index (χ1v) is 8.76. The van der Waals surface area contributed by atoms with E-state index in [1.807, 2.05) is 14.0 Å². The van der Waals surface area contributed by atoms with Crippen LogP contribution in [0.2, 0.25) is 0 Å². The topological polar surface area (TPSA) is 45.6 Å². The van der Waals surface area contributed by atoms with Crippen molar-refractivity contribution in [2.45, 2.75) is 39.5 Å². The molecule has 1 unspecified atom stereocenters. The quantitative estimate of drug-likeness (QED) is 0.247. The molecule has 1 rings (SSSR count). The smallest absolute Gasteiger partial charge is 0.190 e. The Morgan fingerprint density at radius 3 is 2.42 bits per heavy atom. The number of hydrogen-bond donors (Lipinski definition) is 2. The molecule has 138 valence electrons. The summed E-state index contributed by atoms with van der Waals surface area (Å²) >= 11 is 0. The highest BCUT2D eigenvalue weighted by Gasteiger charge is 2.15. The molecule has 0 saturated carbocycles. The number of guanidine groups is 1. The molecule has 1 aromatic rings. The van der Waals surface area contributed by atoms with E-state index in [1.165, 1.54) is 5.56 Å². The van der Waals surface area contributed by atoms with Gasteiger partial charge in [-0.3, -0.25) is 4.99 Å². The van der Waals surface area contributed by atoms with E-state index in [1.54, 1.807) is 0 Å². The van der Waals surface area contributed by atoms with Crippen LogP contribution in [0.4, 0.5) is 0 Å². The molecular weight excluding hydrogens is 413 g/mol. The summed E-state index contributed by atoms with van der Waals surface area (Å²) in [7, 11) is 1.82. The number of halogens is 1. The Hall–Kier alpha value is -0.820. The Kier molecular flexibility index (Phi) is 14.0. The fourth-order valence-electron chi connectivity index (χ4n) is 2.55. The Morgan fingerprint density at radius 2 is 1.83 bits per heavy atom. The molecule has 0 aromatic heterocycles. The van der Waals surface area contributed by atoms with Gasteiger partial charge in [-0.15, -0.1) is 24.0 Å². The zero-order chi connectivity index (χ0) is 16.9. The zero-order valence-electron chi connectivity index (χ0n) is 15.5. The first kappa shape index (κ1) is 23.2. The summed E-state index contributed by atoms with van der Waals surface area (Å²) in [4.78, 5) is 4.31. The molecule has 0 bridgehead atoms. The van der Waals surface area contributed by atoms with Gasteiger partial charge in [0.1, 0.15) is 0 Å². The summed E-state index contributed by atoms with van der Waals surface area (Å²) in [5, 5.41) is 6.83. The molecule has 5 heteroatoms. The van der Waals surface area contributed by atoms with Crippen LogP contribution in [0.25, 0.3) is 0 Å². The second-order valence-electron chi connectivity index (χ2n) is 6.05. The van der Waals surface area contributed by atoms with Crippen molar-refractivity contribution in [2.24, 2.45) is 10.9 Å². The van der Waals surface area contributed by atoms with Crippen LogP contribution in [0, 0.1) is 5.92 Å². The van der Waals surface area contributed by atoms with Crippen molar-refractivity contribution >= 4 is 29.9 Å². The van der Waals surface area contributed by atoms with Crippen LogP contribution in [0.15, 0.2) is 35.3 Å². The first-order valence-electron chi connectivity index (χ1n) is 8.76. The van der Waals surface area contributed by atoms with Gasteiger partial charge in [0.2, 0.25) is 0 Å². The van der Waals surface area contributed by atoms with Crippen molar-refractivity contribution in [3.8, 4) is 0 Å². The lowest BCUT2D eigenvalue weighted by Crippen LogP contribution is -2.40. The summed E-state index contributed by atoms with van der Waals surface area (Å²) in [5.74, 6) is 1.94. The number of nitrogens with zero attached hydrogens (tertiary/aromatic N) is 1. The van der Waals surface area contributed by atoms with Crippen molar-refractivity contribution in [2.75, 3.05) is 33.4 Å². The van der Waals surface area contributed by atoms with Crippen LogP contribution < -0.4 is 10.6 Å². The molecule has 24 heavy (non-hydrogen) atoms. The number of hydrogen-bond acceptors (Lipinski definition) is 2. The largest absolute Gasteiger partial charge is 0.382 e. The third-order valence-corrected chi connectivity index (χ3v) is 3.96. The van der Waals surface area contributed by atoms with Gasteiger partial charge in [-0.25, -0.2) is 0 Å². The standard InChI is InChI=1S/C19H33N3O.HI/c1-5-23-14-10-9-13-21-19(20-4)22-15-18(16(2)3)17-11-7-6-8-12-17;/h6-8,11-12,16,18H,5,9-10,13-15H2,1-4H3,(H2,20,21,22);1H. The second-order valence-corrected chi connectivity index (χ2v) is 6.05. The predicted octanol–water partition coefficient (Wildman–Crippen LogP) is 4.03. The average Bonchev–Trinajstić information content (AvgIpc) is 2.57. The van der Waals surface area contributed by atoms with Crippen molar-refractivity contribution < 1.29 is 4.74 Å². The van der Waals surface area contributed by atoms with Crippen molar-refractivity contribution in [1.82, 2.24) is 10.6 Å². The van der Waals surface area contributed by atoms with Gasteiger partial charge in [0.05, 0.1) is 0 Å². The van der Waals surface area contributed by atoms with Gasteiger partial charge in [-0.2, -0.15) is 0 Å². The minimum absolute atomic E-state index is 0. The Labute approximate surface area is 164 Å². The predicted molar refractivity (Wildman–Crippen MR) is 115 cm³/mol. The minimum Gasteiger partial charge on any atom is -0.382 e. The molecule has 0 aliphatic rings. The third kappa shape index (κ3) is 9.47. The lowest BCUT2D eigenvalue weighted by Gasteiger charge is -2.23. The molecule has 0 aliphatic heterocycles. The van der Waals surface area contributed by atoms with Crippen LogP contribution >= 0.6 is 24.0 Å². The highest BCUT2D eigenvalue weighted by atomic mass is 127. The summed E-state index contributed by atoms with van der Waals surface area (Å²) < 4.78 is 5.35. The van der Waals surface area contributed by atoms with Gasteiger partial charge in [0, 0.05) is 39.3 Å². The molecule has 0 amide bonds. The van der Waals surface area contributed by atoms with Crippen molar-refractivity contribution in [1.29, 1.82) is 0 Å². The lowest BCUT2D eigenvalue weighted by atomic mass is 9.88. The Morgan fingerprint density at radius 1 is 1.12 bits per heavy atom. The van der Waals surface area contributed by atoms with E-state index < -0.39 is 0 Å². The number of nitrogens with one attached hydrogen (secondary N) is 2. The highest BCUT2D eigenvalue weighted by Crippen LogP contribution is 2.23. The van der Waals surface area contributed by atoms with E-state index in [4.69, 9.17) is 4.74 Å². The van der Waals surface area contributed by atoms with Gasteiger partial charge in [0.25, 0.3) is 0 Å². The van der Waals surface area contributed by atoms with Gasteiger partial charge in [-0.1, -0.05) is 44.2 Å².